The highest BCUT2D eigenvalue weighted by Gasteiger charge is 2.33. The van der Waals surface area contributed by atoms with Crippen LogP contribution in [-0.4, -0.2) is 29.8 Å². The number of hydrogen-bond donors (Lipinski definition) is 1. The molecule has 0 saturated heterocycles. The Labute approximate surface area is 130 Å². The Morgan fingerprint density at radius 2 is 2.10 bits per heavy atom. The SMILES string of the molecule is CC(=O)NC(C(=O)N(C)Cc1sccc1C)C1CCCC1. The zero-order valence-electron chi connectivity index (χ0n) is 13.0. The number of nitrogens with zero attached hydrogens (tertiary/aromatic N) is 1. The number of amides is 2. The molecule has 1 saturated carbocycles. The molecule has 1 aromatic rings. The molecule has 116 valence electrons. The molecule has 1 aromatic heterocycles. The monoisotopic (exact) mass is 308 g/mol. The number of carbonyl (C=O) groups is 2. The lowest BCUT2D eigenvalue weighted by Crippen LogP contribution is -2.50. The Morgan fingerprint density at radius 1 is 1.43 bits per heavy atom. The first-order valence-corrected chi connectivity index (χ1v) is 8.42. The predicted octanol–water partition coefficient (Wildman–Crippen LogP) is 2.71. The lowest BCUT2D eigenvalue weighted by Gasteiger charge is -2.28. The normalized spacial score (nSPS) is 16.7. The van der Waals surface area contributed by atoms with Crippen LogP contribution in [0, 0.1) is 12.8 Å². The summed E-state index contributed by atoms with van der Waals surface area (Å²) in [6, 6.07) is 1.70. The molecule has 0 bridgehead atoms. The molecule has 4 nitrogen and oxygen atoms in total. The van der Waals surface area contributed by atoms with E-state index in [2.05, 4.69) is 18.3 Å². The molecule has 2 rings (SSSR count). The summed E-state index contributed by atoms with van der Waals surface area (Å²) in [6.07, 6.45) is 4.37. The molecular weight excluding hydrogens is 284 g/mol. The van der Waals surface area contributed by atoms with Gasteiger partial charge in [-0.25, -0.2) is 0 Å². The molecule has 0 aliphatic heterocycles. The van der Waals surface area contributed by atoms with Crippen LogP contribution in [0.2, 0.25) is 0 Å². The number of nitrogens with one attached hydrogen (secondary N) is 1. The summed E-state index contributed by atoms with van der Waals surface area (Å²) in [5.74, 6) is 0.194. The van der Waals surface area contributed by atoms with E-state index in [0.717, 1.165) is 25.7 Å². The fraction of sp³-hybridized carbons (Fsp3) is 0.625. The van der Waals surface area contributed by atoms with Crippen LogP contribution in [0.25, 0.3) is 0 Å². The molecule has 1 heterocycles. The predicted molar refractivity (Wildman–Crippen MR) is 85.1 cm³/mol. The van der Waals surface area contributed by atoms with E-state index < -0.39 is 0 Å². The maximum atomic E-state index is 12.7. The molecule has 21 heavy (non-hydrogen) atoms. The maximum absolute atomic E-state index is 12.7. The van der Waals surface area contributed by atoms with Crippen LogP contribution < -0.4 is 5.32 Å². The Balaban J connectivity index is 2.05. The van der Waals surface area contributed by atoms with Gasteiger partial charge in [0.1, 0.15) is 6.04 Å². The number of likely N-dealkylation sites (N-methyl/N-ethyl adjacent to an activating group) is 1. The van der Waals surface area contributed by atoms with Crippen molar-refractivity contribution in [2.75, 3.05) is 7.05 Å². The highest BCUT2D eigenvalue weighted by Crippen LogP contribution is 2.29. The molecule has 0 aromatic carbocycles. The Morgan fingerprint density at radius 3 is 2.62 bits per heavy atom. The van der Waals surface area contributed by atoms with Crippen molar-refractivity contribution in [3.05, 3.63) is 21.9 Å². The second-order valence-corrected chi connectivity index (χ2v) is 6.94. The van der Waals surface area contributed by atoms with Gasteiger partial charge in [0.25, 0.3) is 0 Å². The third-order valence-corrected chi connectivity index (χ3v) is 5.23. The van der Waals surface area contributed by atoms with Gasteiger partial charge in [-0.05, 0) is 42.7 Å². The van der Waals surface area contributed by atoms with Gasteiger partial charge in [-0.1, -0.05) is 12.8 Å². The second kappa shape index (κ2) is 7.07. The summed E-state index contributed by atoms with van der Waals surface area (Å²) in [5, 5.41) is 4.92. The molecule has 1 aliphatic rings. The van der Waals surface area contributed by atoms with Gasteiger partial charge in [0, 0.05) is 18.8 Å². The first-order chi connectivity index (χ1) is 9.99. The van der Waals surface area contributed by atoms with E-state index in [0.29, 0.717) is 6.54 Å². The molecule has 0 spiro atoms. The van der Waals surface area contributed by atoms with Crippen LogP contribution in [0.3, 0.4) is 0 Å². The number of rotatable bonds is 5. The number of carbonyl (C=O) groups excluding carboxylic acids is 2. The van der Waals surface area contributed by atoms with Crippen molar-refractivity contribution in [2.45, 2.75) is 52.1 Å². The summed E-state index contributed by atoms with van der Waals surface area (Å²) < 4.78 is 0. The Bertz CT molecular complexity index is 506. The van der Waals surface area contributed by atoms with Crippen LogP contribution >= 0.6 is 11.3 Å². The average molecular weight is 308 g/mol. The molecule has 5 heteroatoms. The first-order valence-electron chi connectivity index (χ1n) is 7.54. The van der Waals surface area contributed by atoms with Crippen LogP contribution in [0.15, 0.2) is 11.4 Å². The summed E-state index contributed by atoms with van der Waals surface area (Å²) in [6.45, 7) is 4.16. The van der Waals surface area contributed by atoms with Crippen molar-refractivity contribution >= 4 is 23.2 Å². The standard InChI is InChI=1S/C16H24N2O2S/c1-11-8-9-21-14(11)10-18(3)16(20)15(17-12(2)19)13-6-4-5-7-13/h8-9,13,15H,4-7,10H2,1-3H3,(H,17,19). The van der Waals surface area contributed by atoms with Gasteiger partial charge < -0.3 is 10.2 Å². The summed E-state index contributed by atoms with van der Waals surface area (Å²) >= 11 is 1.67. The van der Waals surface area contributed by atoms with Gasteiger partial charge in [-0.15, -0.1) is 11.3 Å². The van der Waals surface area contributed by atoms with Crippen molar-refractivity contribution in [3.63, 3.8) is 0 Å². The van der Waals surface area contributed by atoms with Crippen molar-refractivity contribution < 1.29 is 9.59 Å². The molecule has 2 amide bonds. The molecular formula is C16H24N2O2S. The van der Waals surface area contributed by atoms with Gasteiger partial charge in [-0.3, -0.25) is 9.59 Å². The zero-order valence-corrected chi connectivity index (χ0v) is 13.8. The van der Waals surface area contributed by atoms with Crippen molar-refractivity contribution in [1.82, 2.24) is 10.2 Å². The van der Waals surface area contributed by atoms with Gasteiger partial charge in [0.15, 0.2) is 0 Å². The number of thiophene rings is 1. The minimum absolute atomic E-state index is 0.0323. The van der Waals surface area contributed by atoms with Crippen LogP contribution in [0.5, 0.6) is 0 Å². The zero-order chi connectivity index (χ0) is 15.4. The highest BCUT2D eigenvalue weighted by molar-refractivity contribution is 7.10. The van der Waals surface area contributed by atoms with E-state index in [1.54, 1.807) is 16.2 Å². The van der Waals surface area contributed by atoms with Crippen LogP contribution in [0.1, 0.15) is 43.0 Å². The topological polar surface area (TPSA) is 49.4 Å². The van der Waals surface area contributed by atoms with Gasteiger partial charge in [-0.2, -0.15) is 0 Å². The van der Waals surface area contributed by atoms with Crippen molar-refractivity contribution in [3.8, 4) is 0 Å². The lowest BCUT2D eigenvalue weighted by atomic mass is 9.96. The smallest absolute Gasteiger partial charge is 0.245 e. The van der Waals surface area contributed by atoms with E-state index >= 15 is 0 Å². The van der Waals surface area contributed by atoms with Crippen LogP contribution in [-0.2, 0) is 16.1 Å². The van der Waals surface area contributed by atoms with Crippen molar-refractivity contribution in [2.24, 2.45) is 5.92 Å². The minimum atomic E-state index is -0.365. The highest BCUT2D eigenvalue weighted by atomic mass is 32.1. The van der Waals surface area contributed by atoms with Crippen LogP contribution in [0.4, 0.5) is 0 Å². The Kier molecular flexibility index (Phi) is 5.39. The summed E-state index contributed by atoms with van der Waals surface area (Å²) in [5.41, 5.74) is 1.22. The first kappa shape index (κ1) is 16.0. The fourth-order valence-corrected chi connectivity index (χ4v) is 3.95. The molecule has 1 aliphatic carbocycles. The third-order valence-electron chi connectivity index (χ3n) is 4.22. The summed E-state index contributed by atoms with van der Waals surface area (Å²) in [7, 11) is 1.82. The largest absolute Gasteiger partial charge is 0.344 e. The maximum Gasteiger partial charge on any atom is 0.245 e. The quantitative estimate of drug-likeness (QED) is 0.909. The second-order valence-electron chi connectivity index (χ2n) is 5.94. The Hall–Kier alpha value is -1.36. The molecule has 1 fully saturated rings. The van der Waals surface area contributed by atoms with E-state index in [4.69, 9.17) is 0 Å². The van der Waals surface area contributed by atoms with Gasteiger partial charge >= 0.3 is 0 Å². The van der Waals surface area contributed by atoms with E-state index in [-0.39, 0.29) is 23.8 Å². The van der Waals surface area contributed by atoms with Gasteiger partial charge in [0.05, 0.1) is 6.54 Å². The fourth-order valence-electron chi connectivity index (χ4n) is 2.99. The lowest BCUT2D eigenvalue weighted by molar-refractivity contribution is -0.136. The molecule has 1 N–H and O–H groups in total. The average Bonchev–Trinajstić information content (AvgIpc) is 3.07. The molecule has 1 unspecified atom stereocenters. The van der Waals surface area contributed by atoms with Gasteiger partial charge in [0.2, 0.25) is 11.8 Å². The summed E-state index contributed by atoms with van der Waals surface area (Å²) in [4.78, 5) is 27.1. The molecule has 0 radical (unpaired) electrons. The van der Waals surface area contributed by atoms with E-state index in [9.17, 15) is 9.59 Å². The number of aryl methyl sites for hydroxylation is 1. The van der Waals surface area contributed by atoms with E-state index in [1.807, 2.05) is 12.4 Å². The van der Waals surface area contributed by atoms with Crippen molar-refractivity contribution in [1.29, 1.82) is 0 Å². The van der Waals surface area contributed by atoms with E-state index in [1.165, 1.54) is 17.4 Å². The number of hydrogen-bond acceptors (Lipinski definition) is 3. The molecule has 1 atom stereocenters. The third kappa shape index (κ3) is 4.06. The minimum Gasteiger partial charge on any atom is -0.344 e.